The highest BCUT2D eigenvalue weighted by atomic mass is 16.3. The predicted molar refractivity (Wildman–Crippen MR) is 75.0 cm³/mol. The fraction of sp³-hybridized carbons (Fsp3) is 0. The minimum atomic E-state index is 0.300. The number of fused-ring (bicyclic) bond motifs is 5. The summed E-state index contributed by atoms with van der Waals surface area (Å²) in [6, 6.07) is 18.0. The lowest BCUT2D eigenvalue weighted by Crippen LogP contribution is -1.75. The van der Waals surface area contributed by atoms with Crippen molar-refractivity contribution in [3.63, 3.8) is 0 Å². The van der Waals surface area contributed by atoms with E-state index < -0.39 is 0 Å². The molecule has 0 aliphatic carbocycles. The zero-order valence-corrected chi connectivity index (χ0v) is 9.64. The number of aromatic hydroxyl groups is 1. The third-order valence-corrected chi connectivity index (χ3v) is 3.48. The molecule has 1 aromatic heterocycles. The van der Waals surface area contributed by atoms with Crippen molar-refractivity contribution < 1.29 is 5.11 Å². The molecule has 0 fully saturated rings. The molecule has 3 aromatic carbocycles. The molecule has 0 saturated heterocycles. The van der Waals surface area contributed by atoms with E-state index in [1.807, 2.05) is 24.3 Å². The van der Waals surface area contributed by atoms with Gasteiger partial charge in [0.05, 0.1) is 5.52 Å². The number of phenolic OH excluding ortho intramolecular Hbond substituents is 1. The van der Waals surface area contributed by atoms with Crippen molar-refractivity contribution in [1.29, 1.82) is 0 Å². The van der Waals surface area contributed by atoms with E-state index in [0.29, 0.717) is 5.75 Å². The molecule has 18 heavy (non-hydrogen) atoms. The smallest absolute Gasteiger partial charge is 0.116 e. The van der Waals surface area contributed by atoms with Gasteiger partial charge in [0.2, 0.25) is 0 Å². The molecule has 2 nitrogen and oxygen atoms in total. The molecule has 4 rings (SSSR count). The molecule has 1 heterocycles. The van der Waals surface area contributed by atoms with Crippen LogP contribution in [0.5, 0.6) is 5.75 Å². The summed E-state index contributed by atoms with van der Waals surface area (Å²) < 4.78 is 0. The highest BCUT2D eigenvalue weighted by Crippen LogP contribution is 2.32. The molecule has 0 aliphatic heterocycles. The highest BCUT2D eigenvalue weighted by molar-refractivity contribution is 6.17. The molecule has 0 saturated carbocycles. The van der Waals surface area contributed by atoms with E-state index in [9.17, 15) is 5.11 Å². The van der Waals surface area contributed by atoms with Crippen LogP contribution >= 0.6 is 0 Å². The Morgan fingerprint density at radius 1 is 0.778 bits per heavy atom. The Morgan fingerprint density at radius 3 is 2.56 bits per heavy atom. The average molecular weight is 233 g/mol. The van der Waals surface area contributed by atoms with E-state index in [0.717, 1.165) is 21.8 Å². The monoisotopic (exact) mass is 233 g/mol. The second kappa shape index (κ2) is 3.26. The van der Waals surface area contributed by atoms with Gasteiger partial charge in [-0.25, -0.2) is 0 Å². The largest absolute Gasteiger partial charge is 0.508 e. The summed E-state index contributed by atoms with van der Waals surface area (Å²) in [6.45, 7) is 0. The number of benzene rings is 3. The van der Waals surface area contributed by atoms with Gasteiger partial charge in [0.1, 0.15) is 5.75 Å². The number of hydrogen-bond acceptors (Lipinski definition) is 1. The standard InChI is InChI=1S/C16H11NO/c18-11-7-5-10-6-8-13-12-3-1-2-4-15(12)17-16(13)14(10)9-11/h1-9,17-18H. The van der Waals surface area contributed by atoms with Crippen molar-refractivity contribution in [2.45, 2.75) is 0 Å². The molecule has 0 radical (unpaired) electrons. The maximum absolute atomic E-state index is 9.65. The average Bonchev–Trinajstić information content (AvgIpc) is 2.78. The van der Waals surface area contributed by atoms with Gasteiger partial charge in [-0.3, -0.25) is 0 Å². The van der Waals surface area contributed by atoms with Gasteiger partial charge in [-0.2, -0.15) is 0 Å². The Balaban J connectivity index is 2.31. The molecule has 0 atom stereocenters. The number of hydrogen-bond donors (Lipinski definition) is 2. The first-order valence-corrected chi connectivity index (χ1v) is 5.95. The molecular weight excluding hydrogens is 222 g/mol. The second-order valence-electron chi connectivity index (χ2n) is 4.56. The van der Waals surface area contributed by atoms with Crippen LogP contribution in [0.4, 0.5) is 0 Å². The molecule has 0 bridgehead atoms. The quantitative estimate of drug-likeness (QED) is 0.469. The van der Waals surface area contributed by atoms with E-state index >= 15 is 0 Å². The topological polar surface area (TPSA) is 36.0 Å². The van der Waals surface area contributed by atoms with E-state index in [1.165, 1.54) is 10.8 Å². The predicted octanol–water partition coefficient (Wildman–Crippen LogP) is 4.18. The first-order valence-electron chi connectivity index (χ1n) is 5.95. The van der Waals surface area contributed by atoms with E-state index in [-0.39, 0.29) is 0 Å². The van der Waals surface area contributed by atoms with Crippen LogP contribution in [-0.2, 0) is 0 Å². The number of H-pyrrole nitrogens is 1. The first kappa shape index (κ1) is 9.54. The van der Waals surface area contributed by atoms with E-state index in [4.69, 9.17) is 0 Å². The van der Waals surface area contributed by atoms with Crippen molar-refractivity contribution in [2.75, 3.05) is 0 Å². The number of aromatic amines is 1. The molecule has 86 valence electrons. The van der Waals surface area contributed by atoms with Gasteiger partial charge >= 0.3 is 0 Å². The fourth-order valence-electron chi connectivity index (χ4n) is 2.63. The van der Waals surface area contributed by atoms with Crippen LogP contribution in [0.1, 0.15) is 0 Å². The lowest BCUT2D eigenvalue weighted by Gasteiger charge is -2.00. The number of para-hydroxylation sites is 1. The van der Waals surface area contributed by atoms with Crippen molar-refractivity contribution in [2.24, 2.45) is 0 Å². The molecule has 2 N–H and O–H groups in total. The Labute approximate surface area is 103 Å². The fourth-order valence-corrected chi connectivity index (χ4v) is 2.63. The molecule has 0 spiro atoms. The van der Waals surface area contributed by atoms with E-state index in [1.54, 1.807) is 6.07 Å². The maximum Gasteiger partial charge on any atom is 0.116 e. The van der Waals surface area contributed by atoms with Crippen LogP contribution in [0.2, 0.25) is 0 Å². The van der Waals surface area contributed by atoms with Gasteiger partial charge in [0, 0.05) is 21.7 Å². The number of aromatic nitrogens is 1. The van der Waals surface area contributed by atoms with Crippen molar-refractivity contribution in [3.8, 4) is 5.75 Å². The number of nitrogens with one attached hydrogen (secondary N) is 1. The first-order chi connectivity index (χ1) is 8.83. The van der Waals surface area contributed by atoms with Gasteiger partial charge < -0.3 is 10.1 Å². The highest BCUT2D eigenvalue weighted by Gasteiger charge is 2.07. The Kier molecular flexibility index (Phi) is 1.73. The van der Waals surface area contributed by atoms with Crippen molar-refractivity contribution in [3.05, 3.63) is 54.6 Å². The van der Waals surface area contributed by atoms with Crippen LogP contribution < -0.4 is 0 Å². The minimum Gasteiger partial charge on any atom is -0.508 e. The molecule has 0 amide bonds. The summed E-state index contributed by atoms with van der Waals surface area (Å²) in [7, 11) is 0. The van der Waals surface area contributed by atoms with Crippen molar-refractivity contribution in [1.82, 2.24) is 4.98 Å². The summed E-state index contributed by atoms with van der Waals surface area (Å²) in [4.78, 5) is 3.44. The van der Waals surface area contributed by atoms with Crippen LogP contribution in [0.25, 0.3) is 32.6 Å². The van der Waals surface area contributed by atoms with Gasteiger partial charge in [-0.05, 0) is 23.6 Å². The van der Waals surface area contributed by atoms with Crippen LogP contribution in [0.15, 0.2) is 54.6 Å². The lowest BCUT2D eigenvalue weighted by molar-refractivity contribution is 0.476. The molecule has 0 aliphatic rings. The Bertz CT molecular complexity index is 889. The summed E-state index contributed by atoms with van der Waals surface area (Å²) >= 11 is 0. The summed E-state index contributed by atoms with van der Waals surface area (Å²) in [5.41, 5.74) is 2.22. The van der Waals surface area contributed by atoms with E-state index in [2.05, 4.69) is 29.2 Å². The number of phenols is 1. The second-order valence-corrected chi connectivity index (χ2v) is 4.56. The molecule has 2 heteroatoms. The summed E-state index contributed by atoms with van der Waals surface area (Å²) in [5.74, 6) is 0.300. The van der Waals surface area contributed by atoms with Crippen LogP contribution in [0, 0.1) is 0 Å². The zero-order valence-electron chi connectivity index (χ0n) is 9.64. The SMILES string of the molecule is Oc1ccc2ccc3c4ccccc4[nH]c3c2c1. The normalized spacial score (nSPS) is 11.6. The van der Waals surface area contributed by atoms with Gasteiger partial charge in [0.15, 0.2) is 0 Å². The van der Waals surface area contributed by atoms with Crippen LogP contribution in [-0.4, -0.2) is 10.1 Å². The Hall–Kier alpha value is -2.48. The lowest BCUT2D eigenvalue weighted by atomic mass is 10.1. The number of rotatable bonds is 0. The third kappa shape index (κ3) is 1.17. The Morgan fingerprint density at radius 2 is 1.61 bits per heavy atom. The molecular formula is C16H11NO. The molecule has 4 aromatic rings. The summed E-state index contributed by atoms with van der Waals surface area (Å²) in [6.07, 6.45) is 0. The molecule has 0 unspecified atom stereocenters. The third-order valence-electron chi connectivity index (χ3n) is 3.48. The van der Waals surface area contributed by atoms with Gasteiger partial charge in [-0.15, -0.1) is 0 Å². The van der Waals surface area contributed by atoms with Gasteiger partial charge in [-0.1, -0.05) is 36.4 Å². The van der Waals surface area contributed by atoms with Gasteiger partial charge in [0.25, 0.3) is 0 Å². The van der Waals surface area contributed by atoms with Crippen LogP contribution in [0.3, 0.4) is 0 Å². The maximum atomic E-state index is 9.65. The summed E-state index contributed by atoms with van der Waals surface area (Å²) in [5, 5.41) is 14.3. The minimum absolute atomic E-state index is 0.300. The zero-order chi connectivity index (χ0) is 12.1. The van der Waals surface area contributed by atoms with Crippen molar-refractivity contribution >= 4 is 32.6 Å².